The Hall–Kier alpha value is -3.09. The molecule has 7 nitrogen and oxygen atoms in total. The molecule has 7 heteroatoms. The molecule has 0 saturated carbocycles. The lowest BCUT2D eigenvalue weighted by Crippen LogP contribution is -2.20. The molecule has 0 radical (unpaired) electrons. The molecule has 0 atom stereocenters. The Balaban J connectivity index is 2.03. The third kappa shape index (κ3) is 4.22. The number of carbonyl (C=O) groups is 1. The number of amides is 1. The Labute approximate surface area is 139 Å². The van der Waals surface area contributed by atoms with Crippen LogP contribution in [-0.4, -0.2) is 24.5 Å². The van der Waals surface area contributed by atoms with E-state index < -0.39 is 10.8 Å². The summed E-state index contributed by atoms with van der Waals surface area (Å²) in [5.41, 5.74) is 2.57. The predicted molar refractivity (Wildman–Crippen MR) is 89.7 cm³/mol. The molecule has 1 N–H and O–H groups in total. The molecule has 2 aromatic rings. The summed E-state index contributed by atoms with van der Waals surface area (Å²) in [5, 5.41) is 13.8. The standard InChI is InChI=1S/C17H18N2O5/c1-11-4-5-13(8-12(11)2)18-17(20)10-24-16-7-6-14(23-3)9-15(16)19(21)22/h4-9H,10H2,1-3H3,(H,18,20). The molecule has 0 bridgehead atoms. The van der Waals surface area contributed by atoms with Crippen molar-refractivity contribution in [3.63, 3.8) is 0 Å². The van der Waals surface area contributed by atoms with Crippen LogP contribution in [0.3, 0.4) is 0 Å². The molecule has 1 amide bonds. The number of aryl methyl sites for hydroxylation is 2. The SMILES string of the molecule is COc1ccc(OCC(=O)Nc2ccc(C)c(C)c2)c([N+](=O)[O-])c1. The quantitative estimate of drug-likeness (QED) is 0.648. The molecule has 0 fully saturated rings. The van der Waals surface area contributed by atoms with Gasteiger partial charge in [0.1, 0.15) is 5.75 Å². The van der Waals surface area contributed by atoms with Crippen LogP contribution in [0.15, 0.2) is 36.4 Å². The number of carbonyl (C=O) groups excluding carboxylic acids is 1. The summed E-state index contributed by atoms with van der Waals surface area (Å²) in [6, 6.07) is 9.72. The van der Waals surface area contributed by atoms with Crippen molar-refractivity contribution in [3.05, 3.63) is 57.6 Å². The number of methoxy groups -OCH3 is 1. The highest BCUT2D eigenvalue weighted by Gasteiger charge is 2.17. The van der Waals surface area contributed by atoms with Gasteiger partial charge >= 0.3 is 5.69 Å². The smallest absolute Gasteiger partial charge is 0.314 e. The number of nitrogens with zero attached hydrogens (tertiary/aromatic N) is 1. The second-order valence-corrected chi connectivity index (χ2v) is 5.23. The van der Waals surface area contributed by atoms with Crippen molar-refractivity contribution in [2.24, 2.45) is 0 Å². The van der Waals surface area contributed by atoms with Crippen LogP contribution in [0, 0.1) is 24.0 Å². The van der Waals surface area contributed by atoms with Crippen LogP contribution in [0.25, 0.3) is 0 Å². The van der Waals surface area contributed by atoms with Gasteiger partial charge in [0.25, 0.3) is 5.91 Å². The van der Waals surface area contributed by atoms with Crippen molar-refractivity contribution in [2.45, 2.75) is 13.8 Å². The molecule has 2 aromatic carbocycles. The zero-order valence-corrected chi connectivity index (χ0v) is 13.7. The molecule has 0 spiro atoms. The number of ether oxygens (including phenoxy) is 2. The van der Waals surface area contributed by atoms with E-state index in [1.54, 1.807) is 6.07 Å². The van der Waals surface area contributed by atoms with Gasteiger partial charge in [0.2, 0.25) is 0 Å². The number of nitro benzene ring substituents is 1. The summed E-state index contributed by atoms with van der Waals surface area (Å²) >= 11 is 0. The molecular weight excluding hydrogens is 312 g/mol. The molecule has 0 heterocycles. The zero-order chi connectivity index (χ0) is 17.7. The summed E-state index contributed by atoms with van der Waals surface area (Å²) in [7, 11) is 1.41. The first-order valence-electron chi connectivity index (χ1n) is 7.23. The fraction of sp³-hybridized carbons (Fsp3) is 0.235. The third-order valence-corrected chi connectivity index (χ3v) is 3.51. The number of anilines is 1. The topological polar surface area (TPSA) is 90.7 Å². The molecule has 0 aromatic heterocycles. The van der Waals surface area contributed by atoms with Gasteiger partial charge in [0.15, 0.2) is 12.4 Å². The van der Waals surface area contributed by atoms with Crippen molar-refractivity contribution in [3.8, 4) is 11.5 Å². The van der Waals surface area contributed by atoms with E-state index in [1.165, 1.54) is 25.3 Å². The Morgan fingerprint density at radius 2 is 1.92 bits per heavy atom. The van der Waals surface area contributed by atoms with E-state index in [9.17, 15) is 14.9 Å². The lowest BCUT2D eigenvalue weighted by molar-refractivity contribution is -0.385. The maximum absolute atomic E-state index is 12.0. The van der Waals surface area contributed by atoms with Gasteiger partial charge in [-0.1, -0.05) is 6.07 Å². The minimum Gasteiger partial charge on any atom is -0.496 e. The number of nitrogens with one attached hydrogen (secondary N) is 1. The maximum atomic E-state index is 12.0. The fourth-order valence-electron chi connectivity index (χ4n) is 2.05. The molecule has 0 saturated heterocycles. The van der Waals surface area contributed by atoms with E-state index in [0.29, 0.717) is 11.4 Å². The summed E-state index contributed by atoms with van der Waals surface area (Å²) in [6.45, 7) is 3.59. The van der Waals surface area contributed by atoms with Crippen LogP contribution in [0.1, 0.15) is 11.1 Å². The lowest BCUT2D eigenvalue weighted by Gasteiger charge is -2.10. The second-order valence-electron chi connectivity index (χ2n) is 5.23. The van der Waals surface area contributed by atoms with Gasteiger partial charge in [0.05, 0.1) is 18.1 Å². The van der Waals surface area contributed by atoms with Crippen molar-refractivity contribution >= 4 is 17.3 Å². The van der Waals surface area contributed by atoms with Gasteiger partial charge in [-0.3, -0.25) is 14.9 Å². The van der Waals surface area contributed by atoms with Gasteiger partial charge < -0.3 is 14.8 Å². The van der Waals surface area contributed by atoms with Gasteiger partial charge in [-0.15, -0.1) is 0 Å². The van der Waals surface area contributed by atoms with Crippen molar-refractivity contribution in [1.29, 1.82) is 0 Å². The van der Waals surface area contributed by atoms with Gasteiger partial charge in [-0.25, -0.2) is 0 Å². The van der Waals surface area contributed by atoms with Crippen LogP contribution in [-0.2, 0) is 4.79 Å². The zero-order valence-electron chi connectivity index (χ0n) is 13.7. The first-order chi connectivity index (χ1) is 11.4. The largest absolute Gasteiger partial charge is 0.496 e. The number of nitro groups is 1. The van der Waals surface area contributed by atoms with Crippen LogP contribution in [0.2, 0.25) is 0 Å². The van der Waals surface area contributed by atoms with E-state index in [4.69, 9.17) is 9.47 Å². The van der Waals surface area contributed by atoms with Gasteiger partial charge in [-0.05, 0) is 49.2 Å². The summed E-state index contributed by atoms with van der Waals surface area (Å²) in [5.74, 6) is -0.0481. The third-order valence-electron chi connectivity index (χ3n) is 3.51. The average Bonchev–Trinajstić information content (AvgIpc) is 2.56. The van der Waals surface area contributed by atoms with Crippen molar-refractivity contribution in [1.82, 2.24) is 0 Å². The molecule has 126 valence electrons. The van der Waals surface area contributed by atoms with Gasteiger partial charge in [0, 0.05) is 5.69 Å². The molecule has 24 heavy (non-hydrogen) atoms. The summed E-state index contributed by atoms with van der Waals surface area (Å²) in [4.78, 5) is 22.4. The highest BCUT2D eigenvalue weighted by atomic mass is 16.6. The number of rotatable bonds is 6. The molecule has 0 aliphatic carbocycles. The first kappa shape index (κ1) is 17.3. The Morgan fingerprint density at radius 1 is 1.17 bits per heavy atom. The van der Waals surface area contributed by atoms with Crippen LogP contribution < -0.4 is 14.8 Å². The molecule has 0 aliphatic rings. The van der Waals surface area contributed by atoms with E-state index in [0.717, 1.165) is 11.1 Å². The van der Waals surface area contributed by atoms with Crippen molar-refractivity contribution in [2.75, 3.05) is 19.0 Å². The van der Waals surface area contributed by atoms with E-state index in [-0.39, 0.29) is 18.0 Å². The van der Waals surface area contributed by atoms with Gasteiger partial charge in [-0.2, -0.15) is 0 Å². The van der Waals surface area contributed by atoms with Crippen molar-refractivity contribution < 1.29 is 19.2 Å². The molecule has 0 unspecified atom stereocenters. The maximum Gasteiger partial charge on any atom is 0.314 e. The number of benzene rings is 2. The molecule has 2 rings (SSSR count). The monoisotopic (exact) mass is 330 g/mol. The Bertz CT molecular complexity index is 774. The summed E-state index contributed by atoms with van der Waals surface area (Å²) in [6.07, 6.45) is 0. The second kappa shape index (κ2) is 7.45. The minimum atomic E-state index is -0.584. The minimum absolute atomic E-state index is 0.0102. The van der Waals surface area contributed by atoms with Crippen LogP contribution in [0.5, 0.6) is 11.5 Å². The fourth-order valence-corrected chi connectivity index (χ4v) is 2.05. The molecular formula is C17H18N2O5. The Kier molecular flexibility index (Phi) is 5.36. The lowest BCUT2D eigenvalue weighted by atomic mass is 10.1. The number of hydrogen-bond donors (Lipinski definition) is 1. The first-order valence-corrected chi connectivity index (χ1v) is 7.23. The van der Waals surface area contributed by atoms with E-state index >= 15 is 0 Å². The normalized spacial score (nSPS) is 10.1. The number of hydrogen-bond acceptors (Lipinski definition) is 5. The van der Waals surface area contributed by atoms with Crippen LogP contribution in [0.4, 0.5) is 11.4 Å². The Morgan fingerprint density at radius 3 is 2.54 bits per heavy atom. The van der Waals surface area contributed by atoms with E-state index in [1.807, 2.05) is 26.0 Å². The van der Waals surface area contributed by atoms with Crippen LogP contribution >= 0.6 is 0 Å². The van der Waals surface area contributed by atoms with E-state index in [2.05, 4.69) is 5.32 Å². The average molecular weight is 330 g/mol. The highest BCUT2D eigenvalue weighted by molar-refractivity contribution is 5.92. The molecule has 0 aliphatic heterocycles. The summed E-state index contributed by atoms with van der Waals surface area (Å²) < 4.78 is 10.2. The highest BCUT2D eigenvalue weighted by Crippen LogP contribution is 2.30. The predicted octanol–water partition coefficient (Wildman–Crippen LogP) is 3.24.